The first-order valence-electron chi connectivity index (χ1n) is 10.7. The number of rotatable bonds is 18. The molecule has 0 radical (unpaired) electrons. The van der Waals surface area contributed by atoms with E-state index in [1.165, 1.54) is 0 Å². The van der Waals surface area contributed by atoms with Gasteiger partial charge in [-0.05, 0) is 44.9 Å². The summed E-state index contributed by atoms with van der Waals surface area (Å²) in [6, 6.07) is -1.51. The fraction of sp³-hybridized carbons (Fsp3) is 0.478. The molecule has 0 spiro atoms. The summed E-state index contributed by atoms with van der Waals surface area (Å²) >= 11 is 0. The van der Waals surface area contributed by atoms with E-state index in [0.29, 0.717) is 12.8 Å². The molecule has 0 fully saturated rings. The number of nitrogens with one attached hydrogen (secondary N) is 1. The summed E-state index contributed by atoms with van der Waals surface area (Å²) in [5, 5.41) is 11.2. The maximum Gasteiger partial charge on any atom is 0.469 e. The van der Waals surface area contributed by atoms with E-state index in [1.54, 1.807) is 0 Å². The number of amides is 1. The van der Waals surface area contributed by atoms with Gasteiger partial charge < -0.3 is 20.2 Å². The molecule has 0 saturated heterocycles. The lowest BCUT2D eigenvalue weighted by atomic mass is 10.2. The molecule has 8 nitrogen and oxygen atoms in total. The Morgan fingerprint density at radius 2 is 1.34 bits per heavy atom. The highest BCUT2D eigenvalue weighted by Crippen LogP contribution is 2.35. The molecule has 0 unspecified atom stereocenters. The van der Waals surface area contributed by atoms with Gasteiger partial charge in [-0.3, -0.25) is 9.32 Å². The second kappa shape index (κ2) is 19.4. The predicted octanol–water partition coefficient (Wildman–Crippen LogP) is 4.59. The minimum absolute atomic E-state index is 0.105. The van der Waals surface area contributed by atoms with Crippen LogP contribution in [-0.2, 0) is 18.7 Å². The van der Waals surface area contributed by atoms with Crippen LogP contribution < -0.4 is 5.32 Å². The Balaban J connectivity index is 3.86. The summed E-state index contributed by atoms with van der Waals surface area (Å²) in [7, 11) is -4.80. The Kier molecular flexibility index (Phi) is 18.1. The van der Waals surface area contributed by atoms with Gasteiger partial charge in [0.25, 0.3) is 0 Å². The van der Waals surface area contributed by atoms with Crippen LogP contribution in [0.1, 0.15) is 58.3 Å². The minimum Gasteiger partial charge on any atom is -0.480 e. The highest BCUT2D eigenvalue weighted by Gasteiger charge is 2.24. The SMILES string of the molecule is CC/C=C\C/C=C\C/C=C\C/C=C\C/C=C\CCCC(=O)N[C@@H](COP(=O)(O)O)C(=O)O. The van der Waals surface area contributed by atoms with Crippen LogP contribution in [0.5, 0.6) is 0 Å². The van der Waals surface area contributed by atoms with Crippen LogP contribution in [0.2, 0.25) is 0 Å². The molecule has 0 aliphatic carbocycles. The van der Waals surface area contributed by atoms with E-state index in [-0.39, 0.29) is 6.42 Å². The molecular formula is C23H36NO7P. The van der Waals surface area contributed by atoms with Gasteiger partial charge in [0.05, 0.1) is 6.61 Å². The minimum atomic E-state index is -4.80. The van der Waals surface area contributed by atoms with E-state index in [0.717, 1.165) is 32.1 Å². The number of carboxylic acids is 1. The second-order valence-corrected chi connectivity index (χ2v) is 8.08. The quantitative estimate of drug-likeness (QED) is 0.131. The number of carbonyl (C=O) groups excluding carboxylic acids is 1. The van der Waals surface area contributed by atoms with Crippen LogP contribution in [0.25, 0.3) is 0 Å². The van der Waals surface area contributed by atoms with Gasteiger partial charge in [0.1, 0.15) is 0 Å². The molecule has 1 atom stereocenters. The third-order valence-electron chi connectivity index (χ3n) is 3.98. The van der Waals surface area contributed by atoms with E-state index in [4.69, 9.17) is 14.9 Å². The summed E-state index contributed by atoms with van der Waals surface area (Å²) in [5.74, 6) is -1.94. The number of hydrogen-bond donors (Lipinski definition) is 4. The molecule has 0 aromatic heterocycles. The van der Waals surface area contributed by atoms with Gasteiger partial charge in [0, 0.05) is 6.42 Å². The van der Waals surface area contributed by atoms with Crippen molar-refractivity contribution in [1.29, 1.82) is 0 Å². The van der Waals surface area contributed by atoms with Gasteiger partial charge in [-0.25, -0.2) is 9.36 Å². The van der Waals surface area contributed by atoms with Gasteiger partial charge in [-0.15, -0.1) is 0 Å². The summed E-state index contributed by atoms with van der Waals surface area (Å²) in [6.45, 7) is 1.31. The van der Waals surface area contributed by atoms with Gasteiger partial charge in [0.2, 0.25) is 5.91 Å². The Hall–Kier alpha value is -2.25. The fourth-order valence-corrected chi connectivity index (χ4v) is 2.71. The lowest BCUT2D eigenvalue weighted by Crippen LogP contribution is -2.43. The first-order valence-corrected chi connectivity index (χ1v) is 12.3. The number of hydrogen-bond acceptors (Lipinski definition) is 4. The zero-order chi connectivity index (χ0) is 24.1. The Morgan fingerprint density at radius 3 is 1.78 bits per heavy atom. The van der Waals surface area contributed by atoms with Crippen LogP contribution in [0.15, 0.2) is 60.8 Å². The van der Waals surface area contributed by atoms with E-state index < -0.39 is 32.3 Å². The summed E-state index contributed by atoms with van der Waals surface area (Å²) in [6.07, 6.45) is 27.0. The van der Waals surface area contributed by atoms with E-state index in [2.05, 4.69) is 65.4 Å². The van der Waals surface area contributed by atoms with Crippen LogP contribution in [0.3, 0.4) is 0 Å². The van der Waals surface area contributed by atoms with Gasteiger partial charge >= 0.3 is 13.8 Å². The van der Waals surface area contributed by atoms with Gasteiger partial charge in [-0.1, -0.05) is 67.7 Å². The molecule has 0 aromatic carbocycles. The average molecular weight is 470 g/mol. The number of allylic oxidation sites excluding steroid dienone is 10. The number of carboxylic acid groups (broad SMARTS) is 1. The standard InChI is InChI=1S/C23H36NO7P/c1-2-3-4-5-6-7-8-9-10-11-12-13-14-15-16-17-18-19-22(25)24-21(23(26)27)20-31-32(28,29)30/h3-4,6-7,9-10,12-13,15-16,21H,2,5,8,11,14,17-20H2,1H3,(H,24,25)(H,26,27)(H2,28,29,30)/b4-3-,7-6-,10-9-,13-12-,16-15-/t21-/m0/s1. The molecule has 9 heteroatoms. The second-order valence-electron chi connectivity index (χ2n) is 6.84. The third kappa shape index (κ3) is 21.0. The van der Waals surface area contributed by atoms with E-state index in [1.807, 2.05) is 12.2 Å². The number of aliphatic carboxylic acids is 1. The monoisotopic (exact) mass is 469 g/mol. The van der Waals surface area contributed by atoms with E-state index >= 15 is 0 Å². The number of phosphoric ester groups is 1. The topological polar surface area (TPSA) is 133 Å². The Labute approximate surface area is 190 Å². The van der Waals surface area contributed by atoms with Crippen molar-refractivity contribution in [2.75, 3.05) is 6.61 Å². The molecule has 0 heterocycles. The van der Waals surface area contributed by atoms with Crippen molar-refractivity contribution < 1.29 is 33.6 Å². The molecule has 1 amide bonds. The lowest BCUT2D eigenvalue weighted by molar-refractivity contribution is -0.142. The van der Waals surface area contributed by atoms with Crippen LogP contribution in [-0.4, -0.2) is 39.4 Å². The smallest absolute Gasteiger partial charge is 0.469 e. The highest BCUT2D eigenvalue weighted by atomic mass is 31.2. The van der Waals surface area contributed by atoms with Crippen molar-refractivity contribution in [2.45, 2.75) is 64.3 Å². The molecule has 0 saturated carbocycles. The molecule has 0 bridgehead atoms. The molecule has 32 heavy (non-hydrogen) atoms. The molecular weight excluding hydrogens is 433 g/mol. The summed E-state index contributed by atoms with van der Waals surface area (Å²) in [5.41, 5.74) is 0. The maximum atomic E-state index is 11.8. The largest absolute Gasteiger partial charge is 0.480 e. The van der Waals surface area contributed by atoms with Crippen LogP contribution >= 0.6 is 7.82 Å². The summed E-state index contributed by atoms with van der Waals surface area (Å²) in [4.78, 5) is 40.0. The van der Waals surface area contributed by atoms with Gasteiger partial charge in [-0.2, -0.15) is 0 Å². The number of phosphoric acid groups is 1. The van der Waals surface area contributed by atoms with Crippen LogP contribution in [0, 0.1) is 0 Å². The number of unbranched alkanes of at least 4 members (excludes halogenated alkanes) is 1. The third-order valence-corrected chi connectivity index (χ3v) is 4.46. The molecule has 0 aliphatic rings. The van der Waals surface area contributed by atoms with Crippen molar-refractivity contribution in [3.8, 4) is 0 Å². The zero-order valence-corrected chi connectivity index (χ0v) is 19.5. The molecule has 0 aliphatic heterocycles. The van der Waals surface area contributed by atoms with Crippen LogP contribution in [0.4, 0.5) is 0 Å². The molecule has 180 valence electrons. The highest BCUT2D eigenvalue weighted by molar-refractivity contribution is 7.46. The Morgan fingerprint density at radius 1 is 0.875 bits per heavy atom. The van der Waals surface area contributed by atoms with Crippen molar-refractivity contribution in [3.05, 3.63) is 60.8 Å². The molecule has 4 N–H and O–H groups in total. The average Bonchev–Trinajstić information content (AvgIpc) is 2.72. The number of carbonyl (C=O) groups is 2. The van der Waals surface area contributed by atoms with E-state index in [9.17, 15) is 14.2 Å². The van der Waals surface area contributed by atoms with Crippen molar-refractivity contribution in [1.82, 2.24) is 5.32 Å². The summed E-state index contributed by atoms with van der Waals surface area (Å²) < 4.78 is 14.8. The van der Waals surface area contributed by atoms with Crippen molar-refractivity contribution in [2.24, 2.45) is 0 Å². The maximum absolute atomic E-state index is 11.8. The van der Waals surface area contributed by atoms with Crippen molar-refractivity contribution >= 4 is 19.7 Å². The fourth-order valence-electron chi connectivity index (χ4n) is 2.36. The molecule has 0 rings (SSSR count). The zero-order valence-electron chi connectivity index (χ0n) is 18.6. The first-order chi connectivity index (χ1) is 15.3. The normalized spacial score (nSPS) is 13.8. The van der Waals surface area contributed by atoms with Crippen molar-refractivity contribution in [3.63, 3.8) is 0 Å². The lowest BCUT2D eigenvalue weighted by Gasteiger charge is -2.14. The first kappa shape index (κ1) is 29.8. The Bertz CT molecular complexity index is 720. The predicted molar refractivity (Wildman–Crippen MR) is 126 cm³/mol. The van der Waals surface area contributed by atoms with Gasteiger partial charge in [0.15, 0.2) is 6.04 Å². The molecule has 0 aromatic rings.